The molecule has 0 fully saturated rings. The number of nitrogens with one attached hydrogen (secondary N) is 2. The normalized spacial score (nSPS) is 13.5. The van der Waals surface area contributed by atoms with Gasteiger partial charge >= 0.3 is 0 Å². The van der Waals surface area contributed by atoms with Crippen molar-refractivity contribution in [1.82, 2.24) is 20.0 Å². The number of imidazole rings is 1. The number of carbonyl (C=O) groups excluding carboxylic acids is 1. The molecule has 4 aromatic rings. The van der Waals surface area contributed by atoms with Gasteiger partial charge in [0.05, 0.1) is 16.7 Å². The second kappa shape index (κ2) is 6.37. The molecule has 0 bridgehead atoms. The number of para-hydroxylation sites is 3. The lowest BCUT2D eigenvalue weighted by atomic mass is 10.1. The second-order valence-electron chi connectivity index (χ2n) is 6.41. The Morgan fingerprint density at radius 3 is 2.81 bits per heavy atom. The van der Waals surface area contributed by atoms with Crippen LogP contribution in [0.3, 0.4) is 0 Å². The lowest BCUT2D eigenvalue weighted by molar-refractivity contribution is 0.0985. The Hall–Kier alpha value is -3.45. The highest BCUT2D eigenvalue weighted by Gasteiger charge is 2.25. The molecule has 134 valence electrons. The Morgan fingerprint density at radius 2 is 1.93 bits per heavy atom. The van der Waals surface area contributed by atoms with Crippen molar-refractivity contribution in [2.24, 2.45) is 0 Å². The Morgan fingerprint density at radius 1 is 1.11 bits per heavy atom. The quantitative estimate of drug-likeness (QED) is 0.587. The van der Waals surface area contributed by atoms with Crippen molar-refractivity contribution >= 4 is 22.9 Å². The summed E-state index contributed by atoms with van der Waals surface area (Å²) in [5, 5.41) is 10.2. The number of nitrogens with zero attached hydrogens (tertiary/aromatic N) is 3. The minimum absolute atomic E-state index is 0.240. The average Bonchev–Trinajstić information content (AvgIpc) is 3.30. The average molecular weight is 359 g/mol. The van der Waals surface area contributed by atoms with Crippen molar-refractivity contribution in [2.45, 2.75) is 13.0 Å². The number of aromatic nitrogens is 3. The first-order valence-corrected chi connectivity index (χ1v) is 8.83. The summed E-state index contributed by atoms with van der Waals surface area (Å²) in [6.07, 6.45) is 0.759. The first kappa shape index (κ1) is 15.8. The van der Waals surface area contributed by atoms with E-state index in [1.807, 2.05) is 59.2 Å². The minimum Gasteiger partial charge on any atom is -0.350 e. The number of hydrogen-bond donors (Lipinski definition) is 2. The Bertz CT molecular complexity index is 1130. The maximum absolute atomic E-state index is 12.9. The fourth-order valence-electron chi connectivity index (χ4n) is 3.43. The molecule has 0 radical (unpaired) electrons. The van der Waals surface area contributed by atoms with Gasteiger partial charge in [0.15, 0.2) is 0 Å². The highest BCUT2D eigenvalue weighted by atomic mass is 16.5. The van der Waals surface area contributed by atoms with Gasteiger partial charge in [-0.1, -0.05) is 35.5 Å². The highest BCUT2D eigenvalue weighted by molar-refractivity contribution is 6.03. The van der Waals surface area contributed by atoms with Crippen LogP contribution in [0.4, 0.5) is 5.95 Å². The third-order valence-corrected chi connectivity index (χ3v) is 4.72. The Labute approximate surface area is 155 Å². The van der Waals surface area contributed by atoms with Crippen molar-refractivity contribution in [3.8, 4) is 5.69 Å². The van der Waals surface area contributed by atoms with E-state index in [9.17, 15) is 4.79 Å². The standard InChI is InChI=1S/C20H17N5O2/c26-19(18-14-12-21-11-10-15(14)24-27-18)23-20-22-16-8-4-5-9-17(16)25(20)13-6-2-1-3-7-13/h1-9,21H,10-12H2,(H,22,23,26). The maximum atomic E-state index is 12.9. The summed E-state index contributed by atoms with van der Waals surface area (Å²) in [5.74, 6) is 0.338. The van der Waals surface area contributed by atoms with E-state index in [1.165, 1.54) is 0 Å². The van der Waals surface area contributed by atoms with Gasteiger partial charge in [0, 0.05) is 30.8 Å². The molecule has 0 saturated heterocycles. The van der Waals surface area contributed by atoms with Crippen molar-refractivity contribution < 1.29 is 9.32 Å². The molecule has 0 unspecified atom stereocenters. The van der Waals surface area contributed by atoms with Crippen LogP contribution in [-0.2, 0) is 13.0 Å². The minimum atomic E-state index is -0.347. The molecule has 2 aromatic carbocycles. The molecule has 2 N–H and O–H groups in total. The van der Waals surface area contributed by atoms with Crippen LogP contribution < -0.4 is 10.6 Å². The summed E-state index contributed by atoms with van der Waals surface area (Å²) < 4.78 is 7.26. The van der Waals surface area contributed by atoms with Gasteiger partial charge in [-0.05, 0) is 24.3 Å². The fourth-order valence-corrected chi connectivity index (χ4v) is 3.43. The molecular formula is C20H17N5O2. The van der Waals surface area contributed by atoms with E-state index < -0.39 is 0 Å². The molecule has 0 atom stereocenters. The monoisotopic (exact) mass is 359 g/mol. The van der Waals surface area contributed by atoms with Crippen LogP contribution in [0, 0.1) is 0 Å². The fraction of sp³-hybridized carbons (Fsp3) is 0.150. The first-order chi connectivity index (χ1) is 13.3. The van der Waals surface area contributed by atoms with Gasteiger partial charge in [-0.3, -0.25) is 14.7 Å². The van der Waals surface area contributed by atoms with Crippen LogP contribution in [0.2, 0.25) is 0 Å². The predicted octanol–water partition coefficient (Wildman–Crippen LogP) is 2.91. The van der Waals surface area contributed by atoms with Crippen LogP contribution in [0.1, 0.15) is 21.8 Å². The Kier molecular flexibility index (Phi) is 3.72. The van der Waals surface area contributed by atoms with Crippen LogP contribution in [0.25, 0.3) is 16.7 Å². The summed E-state index contributed by atoms with van der Waals surface area (Å²) >= 11 is 0. The largest absolute Gasteiger partial charge is 0.350 e. The molecule has 7 nitrogen and oxygen atoms in total. The third-order valence-electron chi connectivity index (χ3n) is 4.72. The van der Waals surface area contributed by atoms with Crippen molar-refractivity contribution in [2.75, 3.05) is 11.9 Å². The van der Waals surface area contributed by atoms with Gasteiger partial charge in [-0.2, -0.15) is 0 Å². The topological polar surface area (TPSA) is 85.0 Å². The van der Waals surface area contributed by atoms with Gasteiger partial charge in [-0.25, -0.2) is 4.98 Å². The molecule has 5 rings (SSSR count). The number of fused-ring (bicyclic) bond motifs is 2. The van der Waals surface area contributed by atoms with Crippen LogP contribution in [0.15, 0.2) is 59.1 Å². The number of amides is 1. The lowest BCUT2D eigenvalue weighted by Gasteiger charge is -2.12. The third kappa shape index (κ3) is 2.69. The first-order valence-electron chi connectivity index (χ1n) is 8.83. The van der Waals surface area contributed by atoms with Gasteiger partial charge in [0.25, 0.3) is 5.91 Å². The summed E-state index contributed by atoms with van der Waals surface area (Å²) in [5.41, 5.74) is 4.30. The Balaban J connectivity index is 1.57. The van der Waals surface area contributed by atoms with Crippen LogP contribution >= 0.6 is 0 Å². The van der Waals surface area contributed by atoms with Gasteiger partial charge in [-0.15, -0.1) is 0 Å². The van der Waals surface area contributed by atoms with Crippen LogP contribution in [-0.4, -0.2) is 27.2 Å². The molecule has 1 aliphatic heterocycles. The van der Waals surface area contributed by atoms with E-state index in [-0.39, 0.29) is 11.7 Å². The number of hydrogen-bond acceptors (Lipinski definition) is 5. The summed E-state index contributed by atoms with van der Waals surface area (Å²) in [6.45, 7) is 1.42. The van der Waals surface area contributed by atoms with E-state index in [0.717, 1.165) is 40.9 Å². The number of anilines is 1. The molecule has 7 heteroatoms. The van der Waals surface area contributed by atoms with E-state index in [1.54, 1.807) is 0 Å². The molecule has 27 heavy (non-hydrogen) atoms. The van der Waals surface area contributed by atoms with Gasteiger partial charge < -0.3 is 9.84 Å². The maximum Gasteiger partial charge on any atom is 0.296 e. The zero-order chi connectivity index (χ0) is 18.2. The highest BCUT2D eigenvalue weighted by Crippen LogP contribution is 2.26. The summed E-state index contributed by atoms with van der Waals surface area (Å²) in [7, 11) is 0. The predicted molar refractivity (Wildman–Crippen MR) is 101 cm³/mol. The number of benzene rings is 2. The van der Waals surface area contributed by atoms with Crippen molar-refractivity contribution in [1.29, 1.82) is 0 Å². The van der Waals surface area contributed by atoms with Gasteiger partial charge in [0.2, 0.25) is 11.7 Å². The number of carbonyl (C=O) groups is 1. The zero-order valence-corrected chi connectivity index (χ0v) is 14.5. The van der Waals surface area contributed by atoms with Crippen molar-refractivity contribution in [3.63, 3.8) is 0 Å². The van der Waals surface area contributed by atoms with E-state index in [4.69, 9.17) is 4.52 Å². The van der Waals surface area contributed by atoms with E-state index in [0.29, 0.717) is 12.5 Å². The summed E-state index contributed by atoms with van der Waals surface area (Å²) in [6, 6.07) is 17.6. The summed E-state index contributed by atoms with van der Waals surface area (Å²) in [4.78, 5) is 17.5. The second-order valence-corrected chi connectivity index (χ2v) is 6.41. The molecule has 1 amide bonds. The zero-order valence-electron chi connectivity index (χ0n) is 14.5. The molecular weight excluding hydrogens is 342 g/mol. The van der Waals surface area contributed by atoms with E-state index >= 15 is 0 Å². The SMILES string of the molecule is O=C(Nc1nc2ccccc2n1-c1ccccc1)c1onc2c1CNCC2. The number of rotatable bonds is 3. The molecule has 2 aromatic heterocycles. The lowest BCUT2D eigenvalue weighted by Crippen LogP contribution is -2.25. The smallest absolute Gasteiger partial charge is 0.296 e. The molecule has 1 aliphatic rings. The van der Waals surface area contributed by atoms with Gasteiger partial charge in [0.1, 0.15) is 0 Å². The molecule has 0 spiro atoms. The molecule has 0 aliphatic carbocycles. The van der Waals surface area contributed by atoms with Crippen molar-refractivity contribution in [3.05, 3.63) is 71.6 Å². The molecule has 0 saturated carbocycles. The molecule has 3 heterocycles. The van der Waals surface area contributed by atoms with Crippen LogP contribution in [0.5, 0.6) is 0 Å². The van der Waals surface area contributed by atoms with E-state index in [2.05, 4.69) is 20.8 Å².